The maximum atomic E-state index is 13.0. The number of ether oxygens (including phenoxy) is 3. The quantitative estimate of drug-likeness (QED) is 0.461. The second kappa shape index (κ2) is 8.62. The van der Waals surface area contributed by atoms with Crippen molar-refractivity contribution in [3.8, 4) is 22.1 Å². The van der Waals surface area contributed by atoms with Crippen LogP contribution in [-0.4, -0.2) is 31.1 Å². The molecule has 0 saturated heterocycles. The number of hydrogen-bond acceptors (Lipinski definition) is 7. The summed E-state index contributed by atoms with van der Waals surface area (Å²) in [6.07, 6.45) is -0.0421. The van der Waals surface area contributed by atoms with Gasteiger partial charge in [-0.05, 0) is 42.5 Å². The van der Waals surface area contributed by atoms with Crippen LogP contribution in [0.25, 0.3) is 10.6 Å². The van der Waals surface area contributed by atoms with Crippen molar-refractivity contribution < 1.29 is 28.2 Å². The molecule has 8 heteroatoms. The van der Waals surface area contributed by atoms with Crippen LogP contribution in [0.5, 0.6) is 11.5 Å². The minimum Gasteiger partial charge on any atom is -0.493 e. The van der Waals surface area contributed by atoms with Crippen LogP contribution in [0.4, 0.5) is 4.39 Å². The van der Waals surface area contributed by atoms with E-state index in [1.807, 2.05) is 0 Å². The average Bonchev–Trinajstić information content (AvgIpc) is 3.16. The summed E-state index contributed by atoms with van der Waals surface area (Å²) in [5, 5.41) is 2.43. The van der Waals surface area contributed by atoms with Crippen LogP contribution in [-0.2, 0) is 16.0 Å². The molecule has 0 saturated carbocycles. The lowest BCUT2D eigenvalue weighted by atomic mass is 10.2. The zero-order valence-corrected chi connectivity index (χ0v) is 15.9. The number of benzene rings is 2. The standard InChI is InChI=1S/C20H16FNO5S/c1-25-17-9-13(20(24)26-2)5-8-16(17)27-18(23)10-15-11-28-19(22-15)12-3-6-14(21)7-4-12/h3-9,11H,10H2,1-2H3. The number of carbonyl (C=O) groups excluding carboxylic acids is 2. The second-order valence-corrected chi connectivity index (χ2v) is 6.52. The van der Waals surface area contributed by atoms with E-state index in [4.69, 9.17) is 9.47 Å². The molecule has 0 atom stereocenters. The molecule has 0 aliphatic carbocycles. The van der Waals surface area contributed by atoms with Gasteiger partial charge in [0.25, 0.3) is 0 Å². The van der Waals surface area contributed by atoms with Crippen LogP contribution in [0.2, 0.25) is 0 Å². The fourth-order valence-corrected chi connectivity index (χ4v) is 3.24. The molecular formula is C20H16FNO5S. The number of thiazole rings is 1. The van der Waals surface area contributed by atoms with E-state index in [1.165, 1.54) is 55.9 Å². The van der Waals surface area contributed by atoms with Gasteiger partial charge in [0.2, 0.25) is 0 Å². The number of nitrogens with zero attached hydrogens (tertiary/aromatic N) is 1. The number of rotatable bonds is 6. The van der Waals surface area contributed by atoms with Crippen molar-refractivity contribution in [2.75, 3.05) is 14.2 Å². The lowest BCUT2D eigenvalue weighted by molar-refractivity contribution is -0.133. The highest BCUT2D eigenvalue weighted by molar-refractivity contribution is 7.13. The van der Waals surface area contributed by atoms with Gasteiger partial charge in [0.15, 0.2) is 11.5 Å². The van der Waals surface area contributed by atoms with Crippen molar-refractivity contribution in [1.29, 1.82) is 0 Å². The predicted molar refractivity (Wildman–Crippen MR) is 101 cm³/mol. The highest BCUT2D eigenvalue weighted by Gasteiger charge is 2.16. The van der Waals surface area contributed by atoms with E-state index in [2.05, 4.69) is 9.72 Å². The number of carbonyl (C=O) groups is 2. The summed E-state index contributed by atoms with van der Waals surface area (Å²) < 4.78 is 28.2. The van der Waals surface area contributed by atoms with Gasteiger partial charge in [-0.3, -0.25) is 4.79 Å². The Morgan fingerprint density at radius 2 is 1.82 bits per heavy atom. The fraction of sp³-hybridized carbons (Fsp3) is 0.150. The Balaban J connectivity index is 1.69. The molecule has 0 radical (unpaired) electrons. The Labute approximate surface area is 164 Å². The Morgan fingerprint density at radius 1 is 1.07 bits per heavy atom. The van der Waals surface area contributed by atoms with E-state index in [9.17, 15) is 14.0 Å². The maximum absolute atomic E-state index is 13.0. The number of aromatic nitrogens is 1. The molecule has 0 unspecified atom stereocenters. The zero-order valence-electron chi connectivity index (χ0n) is 15.1. The molecule has 0 aliphatic heterocycles. The summed E-state index contributed by atoms with van der Waals surface area (Å²) >= 11 is 1.35. The van der Waals surface area contributed by atoms with E-state index in [-0.39, 0.29) is 29.3 Å². The fourth-order valence-electron chi connectivity index (χ4n) is 2.42. The summed E-state index contributed by atoms with van der Waals surface area (Å²) in [4.78, 5) is 28.2. The van der Waals surface area contributed by atoms with Crippen molar-refractivity contribution >= 4 is 23.3 Å². The van der Waals surface area contributed by atoms with Crippen LogP contribution in [0.1, 0.15) is 16.1 Å². The Bertz CT molecular complexity index is 1000. The Morgan fingerprint density at radius 3 is 2.50 bits per heavy atom. The molecule has 0 N–H and O–H groups in total. The van der Waals surface area contributed by atoms with Crippen LogP contribution >= 0.6 is 11.3 Å². The van der Waals surface area contributed by atoms with E-state index in [1.54, 1.807) is 17.5 Å². The first-order valence-corrected chi connectivity index (χ1v) is 9.05. The van der Waals surface area contributed by atoms with Crippen molar-refractivity contribution in [3.63, 3.8) is 0 Å². The topological polar surface area (TPSA) is 74.7 Å². The molecule has 0 amide bonds. The highest BCUT2D eigenvalue weighted by atomic mass is 32.1. The Hall–Kier alpha value is -3.26. The summed E-state index contributed by atoms with van der Waals surface area (Å²) in [5.41, 5.74) is 1.59. The summed E-state index contributed by atoms with van der Waals surface area (Å²) in [6.45, 7) is 0. The van der Waals surface area contributed by atoms with Crippen molar-refractivity contribution in [2.45, 2.75) is 6.42 Å². The van der Waals surface area contributed by atoms with Gasteiger partial charge >= 0.3 is 11.9 Å². The SMILES string of the molecule is COC(=O)c1ccc(OC(=O)Cc2csc(-c3ccc(F)cc3)n2)c(OC)c1. The molecule has 2 aromatic carbocycles. The van der Waals surface area contributed by atoms with Gasteiger partial charge in [-0.2, -0.15) is 0 Å². The third-order valence-electron chi connectivity index (χ3n) is 3.78. The molecule has 1 heterocycles. The van der Waals surface area contributed by atoms with Crippen molar-refractivity contribution in [2.24, 2.45) is 0 Å². The molecule has 144 valence electrons. The lowest BCUT2D eigenvalue weighted by Gasteiger charge is -2.10. The maximum Gasteiger partial charge on any atom is 0.337 e. The van der Waals surface area contributed by atoms with Crippen LogP contribution in [0, 0.1) is 5.82 Å². The summed E-state index contributed by atoms with van der Waals surface area (Å²) in [7, 11) is 2.68. The molecule has 3 aromatic rings. The molecule has 0 aliphatic rings. The van der Waals surface area contributed by atoms with Gasteiger partial charge in [0.05, 0.1) is 31.9 Å². The third kappa shape index (κ3) is 4.52. The van der Waals surface area contributed by atoms with E-state index < -0.39 is 11.9 Å². The molecule has 1 aromatic heterocycles. The molecule has 3 rings (SSSR count). The van der Waals surface area contributed by atoms with Gasteiger partial charge in [-0.15, -0.1) is 11.3 Å². The minimum atomic E-state index is -0.528. The van der Waals surface area contributed by atoms with Crippen molar-refractivity contribution in [3.05, 3.63) is 64.9 Å². The van der Waals surface area contributed by atoms with Crippen molar-refractivity contribution in [1.82, 2.24) is 4.98 Å². The number of hydrogen-bond donors (Lipinski definition) is 0. The van der Waals surface area contributed by atoms with Crippen LogP contribution < -0.4 is 9.47 Å². The monoisotopic (exact) mass is 401 g/mol. The van der Waals surface area contributed by atoms with E-state index in [0.717, 1.165) is 5.56 Å². The second-order valence-electron chi connectivity index (χ2n) is 5.66. The first-order chi connectivity index (χ1) is 13.5. The van der Waals surface area contributed by atoms with Gasteiger partial charge in [-0.1, -0.05) is 0 Å². The summed E-state index contributed by atoms with van der Waals surface area (Å²) in [5.74, 6) is -0.945. The number of methoxy groups -OCH3 is 2. The Kier molecular flexibility index (Phi) is 6.00. The molecule has 0 spiro atoms. The molecule has 6 nitrogen and oxygen atoms in total. The van der Waals surface area contributed by atoms with Crippen LogP contribution in [0.15, 0.2) is 47.8 Å². The molecule has 0 fully saturated rings. The van der Waals surface area contributed by atoms with Gasteiger partial charge in [0, 0.05) is 10.9 Å². The smallest absolute Gasteiger partial charge is 0.337 e. The number of esters is 2. The average molecular weight is 401 g/mol. The molecular weight excluding hydrogens is 385 g/mol. The highest BCUT2D eigenvalue weighted by Crippen LogP contribution is 2.29. The largest absolute Gasteiger partial charge is 0.493 e. The summed E-state index contributed by atoms with van der Waals surface area (Å²) in [6, 6.07) is 10.3. The van der Waals surface area contributed by atoms with Gasteiger partial charge in [0.1, 0.15) is 10.8 Å². The predicted octanol–water partition coefficient (Wildman–Crippen LogP) is 3.89. The normalized spacial score (nSPS) is 10.4. The lowest BCUT2D eigenvalue weighted by Crippen LogP contribution is -2.12. The molecule has 28 heavy (non-hydrogen) atoms. The molecule has 0 bridgehead atoms. The van der Waals surface area contributed by atoms with E-state index >= 15 is 0 Å². The van der Waals surface area contributed by atoms with E-state index in [0.29, 0.717) is 10.7 Å². The third-order valence-corrected chi connectivity index (χ3v) is 4.72. The van der Waals surface area contributed by atoms with Gasteiger partial charge < -0.3 is 14.2 Å². The zero-order chi connectivity index (χ0) is 20.1. The first kappa shape index (κ1) is 19.5. The first-order valence-electron chi connectivity index (χ1n) is 8.17. The minimum absolute atomic E-state index is 0.0421. The van der Waals surface area contributed by atoms with Crippen LogP contribution in [0.3, 0.4) is 0 Å². The van der Waals surface area contributed by atoms with Gasteiger partial charge in [-0.25, -0.2) is 14.2 Å². The number of halogens is 1.